The fourth-order valence-electron chi connectivity index (χ4n) is 0.660. The third kappa shape index (κ3) is 1.45. The summed E-state index contributed by atoms with van der Waals surface area (Å²) in [6, 6.07) is 3.88. The first-order chi connectivity index (χ1) is 4.75. The second kappa shape index (κ2) is 3.27. The average Bonchev–Trinajstić information content (AvgIpc) is 1.88. The van der Waals surface area contributed by atoms with E-state index in [4.69, 9.17) is 0 Å². The van der Waals surface area contributed by atoms with Crippen LogP contribution in [-0.2, 0) is 4.43 Å². The van der Waals surface area contributed by atoms with Crippen molar-refractivity contribution in [3.05, 3.63) is 35.4 Å². The van der Waals surface area contributed by atoms with Gasteiger partial charge in [-0.15, -0.1) is 0 Å². The molecule has 54 valence electrons. The van der Waals surface area contributed by atoms with Crippen molar-refractivity contribution in [1.29, 1.82) is 0 Å². The van der Waals surface area contributed by atoms with E-state index in [1.165, 1.54) is 18.2 Å². The van der Waals surface area contributed by atoms with Crippen LogP contribution in [0.1, 0.15) is 5.56 Å². The van der Waals surface area contributed by atoms with Gasteiger partial charge in [0.2, 0.25) is 0 Å². The number of halogens is 3. The van der Waals surface area contributed by atoms with Crippen molar-refractivity contribution >= 4 is 22.6 Å². The lowest BCUT2D eigenvalue weighted by Gasteiger charge is -1.97. The Morgan fingerprint density at radius 2 is 1.70 bits per heavy atom. The van der Waals surface area contributed by atoms with Crippen molar-refractivity contribution in [2.24, 2.45) is 0 Å². The molecule has 0 amide bonds. The van der Waals surface area contributed by atoms with Crippen molar-refractivity contribution in [2.75, 3.05) is 0 Å². The molecule has 0 atom stereocenters. The van der Waals surface area contributed by atoms with Crippen LogP contribution in [-0.4, -0.2) is 0 Å². The Hall–Kier alpha value is -0.190. The molecule has 3 heteroatoms. The third-order valence-electron chi connectivity index (χ3n) is 1.20. The first-order valence-electron chi connectivity index (χ1n) is 2.74. The van der Waals surface area contributed by atoms with Gasteiger partial charge < -0.3 is 0 Å². The maximum absolute atomic E-state index is 12.6. The summed E-state index contributed by atoms with van der Waals surface area (Å²) < 4.78 is 25.6. The molecule has 0 unspecified atom stereocenters. The van der Waals surface area contributed by atoms with Crippen LogP contribution in [0.15, 0.2) is 18.2 Å². The number of rotatable bonds is 1. The Labute approximate surface area is 71.4 Å². The summed E-state index contributed by atoms with van der Waals surface area (Å²) in [5.41, 5.74) is 0.156. The third-order valence-corrected chi connectivity index (χ3v) is 1.96. The zero-order valence-corrected chi connectivity index (χ0v) is 7.23. The molecule has 0 aromatic heterocycles. The summed E-state index contributed by atoms with van der Waals surface area (Å²) in [6.45, 7) is 0. The van der Waals surface area contributed by atoms with E-state index >= 15 is 0 Å². The number of alkyl halides is 1. The minimum absolute atomic E-state index is 0.156. The average molecular weight is 254 g/mol. The molecule has 1 aromatic carbocycles. The van der Waals surface area contributed by atoms with Crippen molar-refractivity contribution in [1.82, 2.24) is 0 Å². The Morgan fingerprint density at radius 1 is 1.20 bits per heavy atom. The minimum Gasteiger partial charge on any atom is -0.207 e. The van der Waals surface area contributed by atoms with Gasteiger partial charge >= 0.3 is 0 Å². The van der Waals surface area contributed by atoms with E-state index in [0.717, 1.165) is 0 Å². The van der Waals surface area contributed by atoms with Crippen LogP contribution >= 0.6 is 22.6 Å². The van der Waals surface area contributed by atoms with Crippen molar-refractivity contribution in [3.8, 4) is 0 Å². The van der Waals surface area contributed by atoms with E-state index in [9.17, 15) is 8.78 Å². The van der Waals surface area contributed by atoms with Gasteiger partial charge in [0.25, 0.3) is 0 Å². The molecule has 0 aliphatic rings. The molecule has 0 aliphatic heterocycles. The summed E-state index contributed by atoms with van der Waals surface area (Å²) >= 11 is 1.92. The van der Waals surface area contributed by atoms with Crippen LogP contribution in [0.2, 0.25) is 0 Å². The highest BCUT2D eigenvalue weighted by molar-refractivity contribution is 14.1. The van der Waals surface area contributed by atoms with Gasteiger partial charge in [0.05, 0.1) is 0 Å². The lowest BCUT2D eigenvalue weighted by atomic mass is 10.2. The van der Waals surface area contributed by atoms with Gasteiger partial charge in [0, 0.05) is 9.99 Å². The molecule has 1 rings (SSSR count). The molecule has 0 spiro atoms. The highest BCUT2D eigenvalue weighted by Gasteiger charge is 2.04. The Morgan fingerprint density at radius 3 is 2.00 bits per heavy atom. The smallest absolute Gasteiger partial charge is 0.130 e. The molecule has 0 fully saturated rings. The molecule has 0 saturated heterocycles. The van der Waals surface area contributed by atoms with Gasteiger partial charge in [-0.3, -0.25) is 0 Å². The lowest BCUT2D eigenvalue weighted by molar-refractivity contribution is 0.567. The summed E-state index contributed by atoms with van der Waals surface area (Å²) in [7, 11) is 0. The summed E-state index contributed by atoms with van der Waals surface area (Å²) in [6.07, 6.45) is 0. The highest BCUT2D eigenvalue weighted by atomic mass is 127. The normalized spacial score (nSPS) is 9.90. The summed E-state index contributed by atoms with van der Waals surface area (Å²) in [5.74, 6) is -0.927. The molecule has 0 N–H and O–H groups in total. The fourth-order valence-corrected chi connectivity index (χ4v) is 1.39. The Kier molecular flexibility index (Phi) is 2.59. The number of hydrogen-bond acceptors (Lipinski definition) is 0. The standard InChI is InChI=1S/C7H5F2I/c8-6-2-1-3-7(9)5(6)4-10/h1-3H,4H2. The van der Waals surface area contributed by atoms with E-state index in [-0.39, 0.29) is 5.56 Å². The molecule has 10 heavy (non-hydrogen) atoms. The quantitative estimate of drug-likeness (QED) is 0.534. The molecule has 0 bridgehead atoms. The SMILES string of the molecule is Fc1cccc(F)c1CI. The Bertz CT molecular complexity index is 215. The molecule has 1 aromatic rings. The van der Waals surface area contributed by atoms with Crippen molar-refractivity contribution < 1.29 is 8.78 Å². The monoisotopic (exact) mass is 254 g/mol. The first kappa shape index (κ1) is 7.91. The maximum Gasteiger partial charge on any atom is 0.130 e. The summed E-state index contributed by atoms with van der Waals surface area (Å²) in [4.78, 5) is 0. The number of benzene rings is 1. The van der Waals surface area contributed by atoms with Crippen LogP contribution in [0.5, 0.6) is 0 Å². The van der Waals surface area contributed by atoms with Crippen LogP contribution in [0, 0.1) is 11.6 Å². The first-order valence-corrected chi connectivity index (χ1v) is 4.27. The zero-order valence-electron chi connectivity index (χ0n) is 5.07. The fraction of sp³-hybridized carbons (Fsp3) is 0.143. The molecule has 0 radical (unpaired) electrons. The second-order valence-corrected chi connectivity index (χ2v) is 2.60. The van der Waals surface area contributed by atoms with Gasteiger partial charge in [0.1, 0.15) is 11.6 Å². The van der Waals surface area contributed by atoms with Gasteiger partial charge in [-0.25, -0.2) is 8.78 Å². The molecule has 0 nitrogen and oxygen atoms in total. The zero-order chi connectivity index (χ0) is 7.56. The largest absolute Gasteiger partial charge is 0.207 e. The van der Waals surface area contributed by atoms with Crippen LogP contribution < -0.4 is 0 Å². The highest BCUT2D eigenvalue weighted by Crippen LogP contribution is 2.14. The van der Waals surface area contributed by atoms with E-state index in [0.29, 0.717) is 4.43 Å². The molecule has 0 aliphatic carbocycles. The predicted molar refractivity (Wildman–Crippen MR) is 44.1 cm³/mol. The summed E-state index contributed by atoms with van der Waals surface area (Å²) in [5, 5.41) is 0. The van der Waals surface area contributed by atoms with E-state index < -0.39 is 11.6 Å². The van der Waals surface area contributed by atoms with Crippen LogP contribution in [0.4, 0.5) is 8.78 Å². The molecular weight excluding hydrogens is 249 g/mol. The minimum atomic E-state index is -0.464. The lowest BCUT2D eigenvalue weighted by Crippen LogP contribution is -1.89. The van der Waals surface area contributed by atoms with E-state index in [1.54, 1.807) is 0 Å². The topological polar surface area (TPSA) is 0 Å². The molecule has 0 heterocycles. The number of hydrogen-bond donors (Lipinski definition) is 0. The Balaban J connectivity index is 3.17. The maximum atomic E-state index is 12.6. The van der Waals surface area contributed by atoms with Gasteiger partial charge in [-0.1, -0.05) is 28.7 Å². The molecule has 0 saturated carbocycles. The van der Waals surface area contributed by atoms with Crippen LogP contribution in [0.25, 0.3) is 0 Å². The predicted octanol–water partition coefficient (Wildman–Crippen LogP) is 2.90. The van der Waals surface area contributed by atoms with Gasteiger partial charge in [-0.05, 0) is 12.1 Å². The van der Waals surface area contributed by atoms with E-state index in [1.807, 2.05) is 22.6 Å². The second-order valence-electron chi connectivity index (χ2n) is 1.83. The van der Waals surface area contributed by atoms with Crippen molar-refractivity contribution in [3.63, 3.8) is 0 Å². The van der Waals surface area contributed by atoms with Crippen LogP contribution in [0.3, 0.4) is 0 Å². The van der Waals surface area contributed by atoms with E-state index in [2.05, 4.69) is 0 Å². The van der Waals surface area contributed by atoms with Crippen molar-refractivity contribution in [2.45, 2.75) is 4.43 Å². The molecular formula is C7H5F2I. The van der Waals surface area contributed by atoms with Gasteiger partial charge in [0.15, 0.2) is 0 Å². The van der Waals surface area contributed by atoms with Gasteiger partial charge in [-0.2, -0.15) is 0 Å².